The third-order valence-corrected chi connectivity index (χ3v) is 6.19. The summed E-state index contributed by atoms with van der Waals surface area (Å²) >= 11 is 0. The monoisotopic (exact) mass is 436 g/mol. The minimum absolute atomic E-state index is 0.0341. The fourth-order valence-electron chi connectivity index (χ4n) is 4.40. The first-order valence-corrected chi connectivity index (χ1v) is 11.1. The highest BCUT2D eigenvalue weighted by Crippen LogP contribution is 2.44. The number of fused-ring (bicyclic) bond motifs is 3. The Bertz CT molecular complexity index is 971. The van der Waals surface area contributed by atoms with E-state index in [1.807, 2.05) is 43.3 Å². The number of carbonyl (C=O) groups excluding carboxylic acids is 2. The van der Waals surface area contributed by atoms with E-state index in [2.05, 4.69) is 22.8 Å². The van der Waals surface area contributed by atoms with E-state index in [4.69, 9.17) is 4.74 Å². The van der Waals surface area contributed by atoms with E-state index >= 15 is 0 Å². The minimum Gasteiger partial charge on any atom is -0.480 e. The molecule has 7 nitrogen and oxygen atoms in total. The molecular formula is C25H28N2O5. The fourth-order valence-corrected chi connectivity index (χ4v) is 4.40. The fraction of sp³-hybridized carbons (Fsp3) is 0.400. The topological polar surface area (TPSA) is 105 Å². The van der Waals surface area contributed by atoms with Crippen LogP contribution in [0.5, 0.6) is 0 Å². The SMILES string of the molecule is CCC[C@H](NC(=O)OCC1c2ccccc2-c2ccccc21)C(=O)NC(C(=O)O)C1CC1. The van der Waals surface area contributed by atoms with Crippen molar-refractivity contribution >= 4 is 18.0 Å². The molecule has 0 radical (unpaired) electrons. The van der Waals surface area contributed by atoms with Crippen molar-refractivity contribution in [3.05, 3.63) is 59.7 Å². The summed E-state index contributed by atoms with van der Waals surface area (Å²) < 4.78 is 5.53. The van der Waals surface area contributed by atoms with Gasteiger partial charge in [0.2, 0.25) is 5.91 Å². The maximum Gasteiger partial charge on any atom is 0.407 e. The van der Waals surface area contributed by atoms with Gasteiger partial charge in [-0.15, -0.1) is 0 Å². The number of ether oxygens (including phenoxy) is 1. The van der Waals surface area contributed by atoms with Crippen molar-refractivity contribution < 1.29 is 24.2 Å². The number of carboxylic acids is 1. The molecule has 3 N–H and O–H groups in total. The normalized spacial score (nSPS) is 16.4. The van der Waals surface area contributed by atoms with Gasteiger partial charge in [0.05, 0.1) is 0 Å². The summed E-state index contributed by atoms with van der Waals surface area (Å²) in [7, 11) is 0. The highest BCUT2D eigenvalue weighted by atomic mass is 16.5. The lowest BCUT2D eigenvalue weighted by molar-refractivity contribution is -0.142. The van der Waals surface area contributed by atoms with E-state index in [-0.39, 0.29) is 18.4 Å². The van der Waals surface area contributed by atoms with Gasteiger partial charge in [0.15, 0.2) is 0 Å². The highest BCUT2D eigenvalue weighted by Gasteiger charge is 2.38. The predicted molar refractivity (Wildman–Crippen MR) is 119 cm³/mol. The summed E-state index contributed by atoms with van der Waals surface area (Å²) in [4.78, 5) is 36.7. The van der Waals surface area contributed by atoms with Gasteiger partial charge in [0.25, 0.3) is 0 Å². The van der Waals surface area contributed by atoms with Gasteiger partial charge in [-0.2, -0.15) is 0 Å². The van der Waals surface area contributed by atoms with Gasteiger partial charge < -0.3 is 20.5 Å². The third-order valence-electron chi connectivity index (χ3n) is 6.19. The minimum atomic E-state index is -1.04. The van der Waals surface area contributed by atoms with Gasteiger partial charge in [-0.05, 0) is 47.4 Å². The number of benzene rings is 2. The molecule has 2 atom stereocenters. The number of aliphatic carboxylic acids is 1. The second-order valence-corrected chi connectivity index (χ2v) is 8.47. The lowest BCUT2D eigenvalue weighted by Crippen LogP contribution is -2.52. The number of carbonyl (C=O) groups is 3. The van der Waals surface area contributed by atoms with E-state index in [9.17, 15) is 19.5 Å². The van der Waals surface area contributed by atoms with Crippen LogP contribution in [0.2, 0.25) is 0 Å². The second-order valence-electron chi connectivity index (χ2n) is 8.47. The Labute approximate surface area is 187 Å². The van der Waals surface area contributed by atoms with E-state index in [0.29, 0.717) is 12.8 Å². The number of hydrogen-bond donors (Lipinski definition) is 3. The molecule has 32 heavy (non-hydrogen) atoms. The maximum absolute atomic E-state index is 12.7. The Hall–Kier alpha value is -3.35. The molecule has 0 heterocycles. The lowest BCUT2D eigenvalue weighted by atomic mass is 9.98. The number of nitrogens with one attached hydrogen (secondary N) is 2. The molecule has 2 aliphatic carbocycles. The first-order valence-electron chi connectivity index (χ1n) is 11.1. The van der Waals surface area contributed by atoms with Crippen molar-refractivity contribution in [1.82, 2.24) is 10.6 Å². The van der Waals surface area contributed by atoms with Crippen LogP contribution in [0.4, 0.5) is 4.79 Å². The van der Waals surface area contributed by atoms with Gasteiger partial charge in [0.1, 0.15) is 18.7 Å². The Kier molecular flexibility index (Phi) is 6.44. The predicted octanol–water partition coefficient (Wildman–Crippen LogP) is 3.67. The molecular weight excluding hydrogens is 408 g/mol. The van der Waals surface area contributed by atoms with Crippen LogP contribution in [-0.4, -0.2) is 41.8 Å². The van der Waals surface area contributed by atoms with Gasteiger partial charge in [-0.3, -0.25) is 4.79 Å². The summed E-state index contributed by atoms with van der Waals surface area (Å²) in [5.41, 5.74) is 4.50. The van der Waals surface area contributed by atoms with Gasteiger partial charge >= 0.3 is 12.1 Å². The average Bonchev–Trinajstić information content (AvgIpc) is 3.58. The van der Waals surface area contributed by atoms with Crippen molar-refractivity contribution in [2.24, 2.45) is 5.92 Å². The summed E-state index contributed by atoms with van der Waals surface area (Å²) in [6.45, 7) is 2.05. The number of amides is 2. The molecule has 2 aromatic rings. The summed E-state index contributed by atoms with van der Waals surface area (Å²) in [5, 5.41) is 14.6. The molecule has 0 aliphatic heterocycles. The Balaban J connectivity index is 1.39. The first kappa shape index (κ1) is 21.9. The molecule has 0 aromatic heterocycles. The largest absolute Gasteiger partial charge is 0.480 e. The summed E-state index contributed by atoms with van der Waals surface area (Å²) in [5.74, 6) is -1.64. The van der Waals surface area contributed by atoms with E-state index in [1.165, 1.54) is 0 Å². The summed E-state index contributed by atoms with van der Waals surface area (Å²) in [6.07, 6.45) is 1.94. The molecule has 4 rings (SSSR count). The van der Waals surface area contributed by atoms with Crippen molar-refractivity contribution in [3.63, 3.8) is 0 Å². The number of alkyl carbamates (subject to hydrolysis) is 1. The molecule has 2 aromatic carbocycles. The molecule has 168 valence electrons. The standard InChI is InChI=1S/C25H28N2O5/c1-2-7-21(23(28)27-22(24(29)30)15-12-13-15)26-25(31)32-14-20-18-10-5-3-8-16(18)17-9-4-6-11-19(17)20/h3-6,8-11,15,20-22H,2,7,12-14H2,1H3,(H,26,31)(H,27,28)(H,29,30)/t21-,22?/m0/s1. The zero-order valence-corrected chi connectivity index (χ0v) is 18.0. The van der Waals surface area contributed by atoms with Crippen LogP contribution in [0.3, 0.4) is 0 Å². The molecule has 2 amide bonds. The number of rotatable bonds is 9. The molecule has 2 aliphatic rings. The second kappa shape index (κ2) is 9.42. The molecule has 1 saturated carbocycles. The van der Waals surface area contributed by atoms with Gasteiger partial charge in [-0.25, -0.2) is 9.59 Å². The maximum atomic E-state index is 12.7. The zero-order chi connectivity index (χ0) is 22.7. The third kappa shape index (κ3) is 4.61. The number of hydrogen-bond acceptors (Lipinski definition) is 4. The van der Waals surface area contributed by atoms with Crippen LogP contribution in [-0.2, 0) is 14.3 Å². The molecule has 0 spiro atoms. The molecule has 1 fully saturated rings. The van der Waals surface area contributed by atoms with Gasteiger partial charge in [0, 0.05) is 5.92 Å². The molecule has 7 heteroatoms. The smallest absolute Gasteiger partial charge is 0.407 e. The lowest BCUT2D eigenvalue weighted by Gasteiger charge is -2.21. The van der Waals surface area contributed by atoms with E-state index in [0.717, 1.165) is 35.1 Å². The molecule has 0 saturated heterocycles. The molecule has 1 unspecified atom stereocenters. The highest BCUT2D eigenvalue weighted by molar-refractivity contribution is 5.89. The number of carboxylic acid groups (broad SMARTS) is 1. The van der Waals surface area contributed by atoms with Crippen LogP contribution < -0.4 is 10.6 Å². The zero-order valence-electron chi connectivity index (χ0n) is 18.0. The Morgan fingerprint density at radius 2 is 1.59 bits per heavy atom. The van der Waals surface area contributed by atoms with Crippen LogP contribution >= 0.6 is 0 Å². The van der Waals surface area contributed by atoms with E-state index < -0.39 is 30.1 Å². The first-order chi connectivity index (χ1) is 15.5. The van der Waals surface area contributed by atoms with Crippen molar-refractivity contribution in [1.29, 1.82) is 0 Å². The van der Waals surface area contributed by atoms with Crippen molar-refractivity contribution in [3.8, 4) is 11.1 Å². The van der Waals surface area contributed by atoms with Crippen LogP contribution in [0.25, 0.3) is 11.1 Å². The molecule has 0 bridgehead atoms. The quantitative estimate of drug-likeness (QED) is 0.556. The Morgan fingerprint density at radius 1 is 1.00 bits per heavy atom. The van der Waals surface area contributed by atoms with Crippen molar-refractivity contribution in [2.45, 2.75) is 50.6 Å². The van der Waals surface area contributed by atoms with E-state index in [1.54, 1.807) is 0 Å². The van der Waals surface area contributed by atoms with Gasteiger partial charge in [-0.1, -0.05) is 61.9 Å². The Morgan fingerprint density at radius 3 is 2.12 bits per heavy atom. The van der Waals surface area contributed by atoms with Crippen LogP contribution in [0.1, 0.15) is 49.7 Å². The summed E-state index contributed by atoms with van der Waals surface area (Å²) in [6, 6.07) is 14.4. The van der Waals surface area contributed by atoms with Crippen LogP contribution in [0.15, 0.2) is 48.5 Å². The average molecular weight is 437 g/mol. The van der Waals surface area contributed by atoms with Crippen LogP contribution in [0, 0.1) is 5.92 Å². The van der Waals surface area contributed by atoms with Crippen molar-refractivity contribution in [2.75, 3.05) is 6.61 Å².